The maximum Gasteiger partial charge on any atom is 0.268 e. The molecule has 45 heavy (non-hydrogen) atoms. The Balaban J connectivity index is 1.45. The standard InChI is InChI=1S/C33H39N7O4S/c1-21(19-43-5)36-16-22-8-9-26-25(13-22)37-32(38-30(41)29-11-10-28(45-29)27-17-35-20-44-27)40(26)18-24-7-6-12-39(24)31(42)23(15-34)14-33(2,3)4/h8-11,13-14,17,20-21,24,36H,6-7,12,16,18-19H2,1-5H3,(H,37,38,41)/b23-14+/t21-,24+/m0/s1. The molecule has 1 aliphatic heterocycles. The number of allylic oxidation sites excluding steroid dienone is 1. The Morgan fingerprint density at radius 2 is 2.11 bits per heavy atom. The van der Waals surface area contributed by atoms with E-state index >= 15 is 0 Å². The second-order valence-electron chi connectivity index (χ2n) is 12.4. The number of nitrogens with one attached hydrogen (secondary N) is 2. The lowest BCUT2D eigenvalue weighted by Gasteiger charge is -2.26. The van der Waals surface area contributed by atoms with Crippen LogP contribution in [0.2, 0.25) is 0 Å². The van der Waals surface area contributed by atoms with Crippen molar-refractivity contribution in [2.75, 3.05) is 25.6 Å². The zero-order chi connectivity index (χ0) is 32.1. The van der Waals surface area contributed by atoms with Gasteiger partial charge >= 0.3 is 0 Å². The first-order chi connectivity index (χ1) is 21.6. The highest BCUT2D eigenvalue weighted by molar-refractivity contribution is 7.17. The number of fused-ring (bicyclic) bond motifs is 1. The number of rotatable bonds is 11. The van der Waals surface area contributed by atoms with Gasteiger partial charge in [0, 0.05) is 32.8 Å². The Morgan fingerprint density at radius 3 is 2.82 bits per heavy atom. The average molecular weight is 630 g/mol. The van der Waals surface area contributed by atoms with Crippen LogP contribution in [0.25, 0.3) is 21.7 Å². The number of nitriles is 1. The quantitative estimate of drug-likeness (QED) is 0.161. The number of carbonyl (C=O) groups is 2. The minimum Gasteiger partial charge on any atom is -0.443 e. The van der Waals surface area contributed by atoms with Gasteiger partial charge in [0.05, 0.1) is 39.6 Å². The number of ether oxygens (including phenoxy) is 1. The largest absolute Gasteiger partial charge is 0.443 e. The van der Waals surface area contributed by atoms with Gasteiger partial charge in [-0.25, -0.2) is 9.97 Å². The molecule has 1 aliphatic rings. The lowest BCUT2D eigenvalue weighted by Crippen LogP contribution is -2.39. The van der Waals surface area contributed by atoms with Crippen molar-refractivity contribution in [3.05, 3.63) is 65.0 Å². The van der Waals surface area contributed by atoms with Gasteiger partial charge in [-0.05, 0) is 55.0 Å². The van der Waals surface area contributed by atoms with E-state index in [0.29, 0.717) is 42.8 Å². The van der Waals surface area contributed by atoms with Crippen molar-refractivity contribution in [1.82, 2.24) is 24.8 Å². The van der Waals surface area contributed by atoms with Crippen LogP contribution in [0.3, 0.4) is 0 Å². The van der Waals surface area contributed by atoms with E-state index in [-0.39, 0.29) is 34.9 Å². The molecule has 2 N–H and O–H groups in total. The highest BCUT2D eigenvalue weighted by Gasteiger charge is 2.32. The maximum atomic E-state index is 13.5. The fourth-order valence-corrected chi connectivity index (χ4v) is 6.35. The minimum atomic E-state index is -0.309. The maximum absolute atomic E-state index is 13.5. The van der Waals surface area contributed by atoms with Gasteiger partial charge in [-0.3, -0.25) is 14.9 Å². The van der Waals surface area contributed by atoms with Crippen LogP contribution in [-0.4, -0.2) is 63.6 Å². The highest BCUT2D eigenvalue weighted by atomic mass is 32.1. The molecule has 3 aromatic heterocycles. The molecule has 2 amide bonds. The van der Waals surface area contributed by atoms with E-state index in [2.05, 4.69) is 28.6 Å². The number of anilines is 1. The van der Waals surface area contributed by atoms with Gasteiger partial charge in [-0.1, -0.05) is 32.9 Å². The zero-order valence-corrected chi connectivity index (χ0v) is 27.1. The Kier molecular flexibility index (Phi) is 9.82. The Hall–Kier alpha value is -4.31. The van der Waals surface area contributed by atoms with Crippen LogP contribution < -0.4 is 10.6 Å². The fourth-order valence-electron chi connectivity index (χ4n) is 5.49. The number of hydrogen-bond donors (Lipinski definition) is 2. The van der Waals surface area contributed by atoms with Crippen LogP contribution in [0, 0.1) is 16.7 Å². The van der Waals surface area contributed by atoms with Gasteiger partial charge in [-0.15, -0.1) is 11.3 Å². The third kappa shape index (κ3) is 7.68. The van der Waals surface area contributed by atoms with E-state index in [1.807, 2.05) is 49.6 Å². The summed E-state index contributed by atoms with van der Waals surface area (Å²) in [5, 5.41) is 16.3. The van der Waals surface area contributed by atoms with Crippen LogP contribution in [0.4, 0.5) is 5.95 Å². The summed E-state index contributed by atoms with van der Waals surface area (Å²) in [7, 11) is 1.68. The van der Waals surface area contributed by atoms with E-state index in [0.717, 1.165) is 34.3 Å². The number of carbonyl (C=O) groups excluding carboxylic acids is 2. The van der Waals surface area contributed by atoms with Crippen molar-refractivity contribution < 1.29 is 18.7 Å². The summed E-state index contributed by atoms with van der Waals surface area (Å²) in [4.78, 5) is 38.9. The third-order valence-electron chi connectivity index (χ3n) is 7.57. The van der Waals surface area contributed by atoms with Gasteiger partial charge in [0.2, 0.25) is 5.95 Å². The number of benzene rings is 1. The second kappa shape index (κ2) is 13.8. The van der Waals surface area contributed by atoms with Crippen LogP contribution in [0.5, 0.6) is 0 Å². The Labute approximate surface area is 266 Å². The Bertz CT molecular complexity index is 1730. The first kappa shape index (κ1) is 32.1. The van der Waals surface area contributed by atoms with Crippen molar-refractivity contribution in [2.45, 2.75) is 65.7 Å². The van der Waals surface area contributed by atoms with E-state index < -0.39 is 0 Å². The number of imidazole rings is 1. The molecule has 4 aromatic rings. The smallest absolute Gasteiger partial charge is 0.268 e. The topological polar surface area (TPSA) is 138 Å². The van der Waals surface area contributed by atoms with Gasteiger partial charge in [-0.2, -0.15) is 5.26 Å². The fraction of sp³-hybridized carbons (Fsp3) is 0.424. The van der Waals surface area contributed by atoms with E-state index in [4.69, 9.17) is 14.1 Å². The average Bonchev–Trinajstić information content (AvgIpc) is 3.81. The van der Waals surface area contributed by atoms with E-state index in [9.17, 15) is 14.9 Å². The number of amides is 2. The van der Waals surface area contributed by atoms with Crippen molar-refractivity contribution >= 4 is 40.1 Å². The predicted octanol–water partition coefficient (Wildman–Crippen LogP) is 5.62. The van der Waals surface area contributed by atoms with E-state index in [1.165, 1.54) is 17.7 Å². The van der Waals surface area contributed by atoms with Crippen molar-refractivity contribution in [3.8, 4) is 16.7 Å². The molecule has 0 bridgehead atoms. The first-order valence-corrected chi connectivity index (χ1v) is 15.8. The summed E-state index contributed by atoms with van der Waals surface area (Å²) in [6.45, 7) is 10.2. The lowest BCUT2D eigenvalue weighted by molar-refractivity contribution is -0.127. The number of aromatic nitrogens is 3. The number of nitrogens with zero attached hydrogens (tertiary/aromatic N) is 5. The second-order valence-corrected chi connectivity index (χ2v) is 13.5. The van der Waals surface area contributed by atoms with Crippen LogP contribution in [0.1, 0.15) is 55.8 Å². The summed E-state index contributed by atoms with van der Waals surface area (Å²) < 4.78 is 12.6. The molecule has 12 heteroatoms. The molecule has 236 valence electrons. The molecule has 0 radical (unpaired) electrons. The monoisotopic (exact) mass is 629 g/mol. The van der Waals surface area contributed by atoms with Gasteiger partial charge in [0.15, 0.2) is 12.2 Å². The molecule has 0 unspecified atom stereocenters. The molecule has 2 atom stereocenters. The van der Waals surface area contributed by atoms with Gasteiger partial charge in [0.1, 0.15) is 11.6 Å². The highest BCUT2D eigenvalue weighted by Crippen LogP contribution is 2.30. The molecule has 1 saturated heterocycles. The van der Waals surface area contributed by atoms with Gasteiger partial charge < -0.3 is 23.9 Å². The van der Waals surface area contributed by atoms with Crippen LogP contribution >= 0.6 is 11.3 Å². The molecule has 1 fully saturated rings. The normalized spacial score (nSPS) is 16.2. The van der Waals surface area contributed by atoms with Crippen molar-refractivity contribution in [2.24, 2.45) is 5.41 Å². The predicted molar refractivity (Wildman–Crippen MR) is 174 cm³/mol. The molecule has 1 aromatic carbocycles. The van der Waals surface area contributed by atoms with Crippen LogP contribution in [-0.2, 0) is 22.6 Å². The van der Waals surface area contributed by atoms with Crippen LogP contribution in [0.15, 0.2) is 59.0 Å². The molecule has 5 rings (SSSR count). The Morgan fingerprint density at radius 1 is 1.29 bits per heavy atom. The molecular formula is C33H39N7O4S. The van der Waals surface area contributed by atoms with Crippen molar-refractivity contribution in [1.29, 1.82) is 5.26 Å². The number of methoxy groups -OCH3 is 1. The summed E-state index contributed by atoms with van der Waals surface area (Å²) in [5.74, 6) is 0.432. The summed E-state index contributed by atoms with van der Waals surface area (Å²) in [5.41, 5.74) is 2.47. The lowest BCUT2D eigenvalue weighted by atomic mass is 9.93. The first-order valence-electron chi connectivity index (χ1n) is 15.0. The number of hydrogen-bond acceptors (Lipinski definition) is 9. The zero-order valence-electron chi connectivity index (χ0n) is 26.3. The summed E-state index contributed by atoms with van der Waals surface area (Å²) in [6, 6.07) is 11.8. The third-order valence-corrected chi connectivity index (χ3v) is 8.67. The van der Waals surface area contributed by atoms with Gasteiger partial charge in [0.25, 0.3) is 11.8 Å². The van der Waals surface area contributed by atoms with E-state index in [1.54, 1.807) is 30.3 Å². The molecule has 0 aliphatic carbocycles. The molecule has 11 nitrogen and oxygen atoms in total. The molecule has 0 saturated carbocycles. The number of oxazole rings is 1. The molecular weight excluding hydrogens is 590 g/mol. The number of likely N-dealkylation sites (tertiary alicyclic amines) is 1. The molecule has 0 spiro atoms. The molecule has 4 heterocycles. The van der Waals surface area contributed by atoms with Crippen molar-refractivity contribution in [3.63, 3.8) is 0 Å². The SMILES string of the molecule is COC[C@H](C)NCc1ccc2c(c1)nc(NC(=O)c1ccc(-c3cnco3)s1)n2C[C@H]1CCCN1C(=O)/C(C#N)=C/C(C)(C)C. The number of thiophene rings is 1. The summed E-state index contributed by atoms with van der Waals surface area (Å²) >= 11 is 1.30. The minimum absolute atomic E-state index is 0.151. The summed E-state index contributed by atoms with van der Waals surface area (Å²) in [6.07, 6.45) is 6.30.